The summed E-state index contributed by atoms with van der Waals surface area (Å²) < 4.78 is 13.1. The van der Waals surface area contributed by atoms with Crippen LogP contribution in [0.1, 0.15) is 67.8 Å². The quantitative estimate of drug-likeness (QED) is 0.457. The lowest BCUT2D eigenvalue weighted by atomic mass is 10.0. The molecule has 1 aliphatic heterocycles. The number of aryl methyl sites for hydroxylation is 1. The van der Waals surface area contributed by atoms with E-state index in [9.17, 15) is 9.18 Å². The van der Waals surface area contributed by atoms with Crippen molar-refractivity contribution in [2.75, 3.05) is 22.1 Å². The summed E-state index contributed by atoms with van der Waals surface area (Å²) in [6.07, 6.45) is 10.7. The van der Waals surface area contributed by atoms with E-state index in [0.29, 0.717) is 30.5 Å². The number of halogens is 1. The first-order chi connectivity index (χ1) is 17.1. The minimum absolute atomic E-state index is 0.164. The molecule has 4 heterocycles. The maximum atomic E-state index is 13.1. The molecule has 1 saturated carbocycles. The minimum atomic E-state index is -0.579. The van der Waals surface area contributed by atoms with Crippen LogP contribution in [0.25, 0.3) is 0 Å². The van der Waals surface area contributed by atoms with Gasteiger partial charge in [0, 0.05) is 29.8 Å². The van der Waals surface area contributed by atoms with Crippen molar-refractivity contribution in [1.82, 2.24) is 25.1 Å². The second-order valence-electron chi connectivity index (χ2n) is 9.68. The van der Waals surface area contributed by atoms with Crippen molar-refractivity contribution in [3.63, 3.8) is 0 Å². The normalized spacial score (nSPS) is 19.8. The Morgan fingerprint density at radius 1 is 1.09 bits per heavy atom. The SMILES string of the molecule is O=C(Nc1ccc(F)nc1)[C@@H]1CCCN1c1nc2c(c(Nc3cc(C4CCCC4)[nH]n3)n1)CCC2. The zero-order valence-corrected chi connectivity index (χ0v) is 19.6. The fourth-order valence-electron chi connectivity index (χ4n) is 5.57. The summed E-state index contributed by atoms with van der Waals surface area (Å²) in [6.45, 7) is 0.701. The number of fused-ring (bicyclic) bond motifs is 1. The minimum Gasteiger partial charge on any atom is -0.329 e. The van der Waals surface area contributed by atoms with Crippen LogP contribution in [0.4, 0.5) is 27.7 Å². The summed E-state index contributed by atoms with van der Waals surface area (Å²) in [6, 6.07) is 4.45. The van der Waals surface area contributed by atoms with Crippen LogP contribution in [0, 0.1) is 5.95 Å². The van der Waals surface area contributed by atoms with Gasteiger partial charge in [0.25, 0.3) is 0 Å². The van der Waals surface area contributed by atoms with E-state index in [4.69, 9.17) is 9.97 Å². The number of hydrogen-bond acceptors (Lipinski definition) is 7. The Balaban J connectivity index is 1.24. The molecule has 6 rings (SSSR count). The molecular formula is C25H29FN8O. The van der Waals surface area contributed by atoms with Gasteiger partial charge < -0.3 is 15.5 Å². The van der Waals surface area contributed by atoms with E-state index in [-0.39, 0.29) is 5.91 Å². The van der Waals surface area contributed by atoms with Crippen molar-refractivity contribution in [2.24, 2.45) is 0 Å². The van der Waals surface area contributed by atoms with Gasteiger partial charge in [0.2, 0.25) is 17.8 Å². The number of aromatic amines is 1. The van der Waals surface area contributed by atoms with E-state index in [1.165, 1.54) is 49.7 Å². The largest absolute Gasteiger partial charge is 0.329 e. The van der Waals surface area contributed by atoms with Gasteiger partial charge in [-0.2, -0.15) is 14.5 Å². The third kappa shape index (κ3) is 4.44. The summed E-state index contributed by atoms with van der Waals surface area (Å²) in [5.41, 5.74) is 3.83. The Morgan fingerprint density at radius 3 is 2.80 bits per heavy atom. The Bertz CT molecular complexity index is 1220. The molecule has 2 fully saturated rings. The molecule has 0 radical (unpaired) electrons. The van der Waals surface area contributed by atoms with Crippen LogP contribution in [0.5, 0.6) is 0 Å². The van der Waals surface area contributed by atoms with Crippen molar-refractivity contribution in [3.05, 3.63) is 47.3 Å². The van der Waals surface area contributed by atoms with Gasteiger partial charge in [-0.05, 0) is 57.1 Å². The molecule has 3 N–H and O–H groups in total. The molecule has 35 heavy (non-hydrogen) atoms. The van der Waals surface area contributed by atoms with Crippen LogP contribution in [0.15, 0.2) is 24.4 Å². The van der Waals surface area contributed by atoms with Gasteiger partial charge in [0.1, 0.15) is 11.9 Å². The van der Waals surface area contributed by atoms with Crippen LogP contribution in [0.3, 0.4) is 0 Å². The summed E-state index contributed by atoms with van der Waals surface area (Å²) >= 11 is 0. The molecule has 3 aromatic rings. The van der Waals surface area contributed by atoms with E-state index in [1.54, 1.807) is 0 Å². The molecule has 1 saturated heterocycles. The maximum Gasteiger partial charge on any atom is 0.247 e. The number of nitrogens with one attached hydrogen (secondary N) is 3. The summed E-state index contributed by atoms with van der Waals surface area (Å²) in [4.78, 5) is 28.4. The van der Waals surface area contributed by atoms with E-state index in [0.717, 1.165) is 48.6 Å². The number of hydrogen-bond donors (Lipinski definition) is 3. The van der Waals surface area contributed by atoms with Crippen molar-refractivity contribution >= 4 is 29.2 Å². The average Bonchev–Trinajstić information content (AvgIpc) is 3.67. The first-order valence-electron chi connectivity index (χ1n) is 12.6. The topological polar surface area (TPSA) is 112 Å². The molecule has 0 unspecified atom stereocenters. The molecule has 0 aromatic carbocycles. The molecule has 9 nitrogen and oxygen atoms in total. The Labute approximate surface area is 203 Å². The van der Waals surface area contributed by atoms with Crippen LogP contribution in [-0.2, 0) is 17.6 Å². The monoisotopic (exact) mass is 476 g/mol. The molecule has 1 amide bonds. The van der Waals surface area contributed by atoms with Crippen molar-refractivity contribution in [1.29, 1.82) is 0 Å². The number of nitrogens with zero attached hydrogens (tertiary/aromatic N) is 5. The van der Waals surface area contributed by atoms with Gasteiger partial charge >= 0.3 is 0 Å². The van der Waals surface area contributed by atoms with Crippen molar-refractivity contribution in [3.8, 4) is 0 Å². The van der Waals surface area contributed by atoms with Crippen LogP contribution < -0.4 is 15.5 Å². The first kappa shape index (κ1) is 21.9. The lowest BCUT2D eigenvalue weighted by Gasteiger charge is -2.25. The summed E-state index contributed by atoms with van der Waals surface area (Å²) in [5.74, 6) is 1.93. The number of carbonyl (C=O) groups is 1. The Kier molecular flexibility index (Phi) is 5.79. The number of pyridine rings is 1. The number of anilines is 4. The van der Waals surface area contributed by atoms with Gasteiger partial charge in [-0.25, -0.2) is 9.97 Å². The molecule has 182 valence electrons. The Morgan fingerprint density at radius 2 is 1.97 bits per heavy atom. The fourth-order valence-corrected chi connectivity index (χ4v) is 5.57. The molecule has 0 bridgehead atoms. The van der Waals surface area contributed by atoms with Gasteiger partial charge in [-0.1, -0.05) is 12.8 Å². The van der Waals surface area contributed by atoms with Crippen molar-refractivity contribution < 1.29 is 9.18 Å². The first-order valence-corrected chi connectivity index (χ1v) is 12.6. The fraction of sp³-hybridized carbons (Fsp3) is 0.480. The van der Waals surface area contributed by atoms with Gasteiger partial charge in [-0.3, -0.25) is 9.89 Å². The van der Waals surface area contributed by atoms with E-state index >= 15 is 0 Å². The third-order valence-electron chi connectivity index (χ3n) is 7.37. The number of amides is 1. The summed E-state index contributed by atoms with van der Waals surface area (Å²) in [5, 5.41) is 14.0. The van der Waals surface area contributed by atoms with Crippen LogP contribution >= 0.6 is 0 Å². The lowest BCUT2D eigenvalue weighted by Crippen LogP contribution is -2.40. The molecule has 3 aliphatic rings. The highest BCUT2D eigenvalue weighted by atomic mass is 19.1. The number of aromatic nitrogens is 5. The zero-order valence-electron chi connectivity index (χ0n) is 19.6. The van der Waals surface area contributed by atoms with Crippen molar-refractivity contribution in [2.45, 2.75) is 69.7 Å². The molecule has 3 aromatic heterocycles. The zero-order chi connectivity index (χ0) is 23.8. The predicted octanol–water partition coefficient (Wildman–Crippen LogP) is 4.23. The summed E-state index contributed by atoms with van der Waals surface area (Å²) in [7, 11) is 0. The van der Waals surface area contributed by atoms with Crippen LogP contribution in [0.2, 0.25) is 0 Å². The Hall–Kier alpha value is -3.56. The van der Waals surface area contributed by atoms with Gasteiger partial charge in [0.05, 0.1) is 17.6 Å². The maximum absolute atomic E-state index is 13.1. The molecule has 0 spiro atoms. The van der Waals surface area contributed by atoms with E-state index in [2.05, 4.69) is 31.9 Å². The highest BCUT2D eigenvalue weighted by Gasteiger charge is 2.34. The highest BCUT2D eigenvalue weighted by Crippen LogP contribution is 2.36. The van der Waals surface area contributed by atoms with E-state index in [1.807, 2.05) is 4.90 Å². The van der Waals surface area contributed by atoms with E-state index < -0.39 is 12.0 Å². The van der Waals surface area contributed by atoms with Gasteiger partial charge in [0.15, 0.2) is 5.82 Å². The number of rotatable bonds is 6. The second-order valence-corrected chi connectivity index (χ2v) is 9.68. The third-order valence-corrected chi connectivity index (χ3v) is 7.37. The lowest BCUT2D eigenvalue weighted by molar-refractivity contribution is -0.117. The van der Waals surface area contributed by atoms with Gasteiger partial charge in [-0.15, -0.1) is 0 Å². The standard InChI is InChI=1S/C25H29FN8O/c26-21-11-10-16(14-27-21)28-24(35)20-9-4-12-34(20)25-29-18-8-3-7-17(18)23(31-25)30-22-13-19(32-33-22)15-5-1-2-6-15/h10-11,13-15,20H,1-9,12H2,(H,28,35)(H2,29,30,31,32,33)/t20-/m0/s1. The molecule has 10 heteroatoms. The average molecular weight is 477 g/mol. The van der Waals surface area contributed by atoms with Crippen LogP contribution in [-0.4, -0.2) is 43.6 Å². The smallest absolute Gasteiger partial charge is 0.247 e. The predicted molar refractivity (Wildman–Crippen MR) is 130 cm³/mol. The second kappa shape index (κ2) is 9.24. The number of H-pyrrole nitrogens is 1. The molecule has 1 atom stereocenters. The number of carbonyl (C=O) groups excluding carboxylic acids is 1. The molecule has 2 aliphatic carbocycles. The highest BCUT2D eigenvalue weighted by molar-refractivity contribution is 5.96. The molecular weight excluding hydrogens is 447 g/mol.